The molecule has 1 amide bonds. The Bertz CT molecular complexity index is 1200. The monoisotopic (exact) mass is 493 g/mol. The first-order valence-electron chi connectivity index (χ1n) is 9.80. The summed E-state index contributed by atoms with van der Waals surface area (Å²) in [7, 11) is 2.99. The van der Waals surface area contributed by atoms with Crippen molar-refractivity contribution in [2.45, 2.75) is 6.04 Å². The number of ketones is 1. The number of para-hydroxylation sites is 1. The largest absolute Gasteiger partial charge is 0.507 e. The van der Waals surface area contributed by atoms with Gasteiger partial charge < -0.3 is 14.6 Å². The summed E-state index contributed by atoms with van der Waals surface area (Å²) in [6, 6.07) is 20.3. The quantitative estimate of drug-likeness (QED) is 0.304. The molecule has 1 N–H and O–H groups in total. The second kappa shape index (κ2) is 8.88. The van der Waals surface area contributed by atoms with Gasteiger partial charge in [0.2, 0.25) is 0 Å². The molecule has 0 saturated carbocycles. The van der Waals surface area contributed by atoms with Gasteiger partial charge in [-0.3, -0.25) is 14.5 Å². The highest BCUT2D eigenvalue weighted by Gasteiger charge is 2.46. The molecule has 1 saturated heterocycles. The maximum Gasteiger partial charge on any atom is 0.300 e. The summed E-state index contributed by atoms with van der Waals surface area (Å²) in [5.41, 5.74) is 1.61. The summed E-state index contributed by atoms with van der Waals surface area (Å²) in [4.78, 5) is 27.7. The zero-order valence-electron chi connectivity index (χ0n) is 17.4. The van der Waals surface area contributed by atoms with Gasteiger partial charge in [0.05, 0.1) is 25.8 Å². The molecule has 0 aromatic heterocycles. The summed E-state index contributed by atoms with van der Waals surface area (Å²) in [6.07, 6.45) is 0. The molecule has 1 atom stereocenters. The number of ether oxygens (including phenoxy) is 2. The number of halogens is 1. The second-order valence-electron chi connectivity index (χ2n) is 7.13. The van der Waals surface area contributed by atoms with E-state index in [4.69, 9.17) is 9.47 Å². The Kier molecular flexibility index (Phi) is 6.01. The lowest BCUT2D eigenvalue weighted by molar-refractivity contribution is -0.132. The molecule has 7 heteroatoms. The summed E-state index contributed by atoms with van der Waals surface area (Å²) in [5, 5.41) is 11.2. The Morgan fingerprint density at radius 3 is 2.19 bits per heavy atom. The van der Waals surface area contributed by atoms with Crippen LogP contribution in [-0.2, 0) is 9.59 Å². The molecule has 3 aromatic carbocycles. The van der Waals surface area contributed by atoms with Crippen LogP contribution in [0.5, 0.6) is 11.5 Å². The number of aliphatic hydroxyl groups excluding tert-OH is 1. The van der Waals surface area contributed by atoms with E-state index in [0.29, 0.717) is 28.3 Å². The molecule has 0 spiro atoms. The van der Waals surface area contributed by atoms with Gasteiger partial charge in [-0.2, -0.15) is 0 Å². The number of hydrogen-bond acceptors (Lipinski definition) is 5. The SMILES string of the molecule is COc1ccc(/C(O)=C2/C(=O)C(=O)N(c3ccccc3)C2c2ccc(Br)cc2)cc1OC. The standard InChI is InChI=1S/C25H20BrNO5/c1-31-19-13-10-16(14-20(19)32-2)23(28)21-22(15-8-11-17(26)12-9-15)27(25(30)24(21)29)18-6-4-3-5-7-18/h3-14,22,28H,1-2H3/b23-21-. The van der Waals surface area contributed by atoms with Crippen LogP contribution in [0.15, 0.2) is 82.8 Å². The summed E-state index contributed by atoms with van der Waals surface area (Å²) >= 11 is 3.41. The fourth-order valence-corrected chi connectivity index (χ4v) is 4.05. The molecule has 1 aliphatic heterocycles. The Morgan fingerprint density at radius 2 is 1.56 bits per heavy atom. The minimum Gasteiger partial charge on any atom is -0.507 e. The Balaban J connectivity index is 1.93. The van der Waals surface area contributed by atoms with Crippen molar-refractivity contribution in [3.8, 4) is 11.5 Å². The molecule has 1 unspecified atom stereocenters. The van der Waals surface area contributed by atoms with Gasteiger partial charge in [-0.05, 0) is 48.0 Å². The number of carbonyl (C=O) groups excluding carboxylic acids is 2. The van der Waals surface area contributed by atoms with Crippen LogP contribution >= 0.6 is 15.9 Å². The van der Waals surface area contributed by atoms with Gasteiger partial charge in [-0.15, -0.1) is 0 Å². The summed E-state index contributed by atoms with van der Waals surface area (Å²) < 4.78 is 11.4. The zero-order chi connectivity index (χ0) is 22.8. The van der Waals surface area contributed by atoms with Gasteiger partial charge in [0.1, 0.15) is 5.76 Å². The van der Waals surface area contributed by atoms with Crippen LogP contribution in [0.1, 0.15) is 17.2 Å². The van der Waals surface area contributed by atoms with E-state index in [0.717, 1.165) is 4.47 Å². The number of rotatable bonds is 5. The van der Waals surface area contributed by atoms with Crippen LogP contribution in [0.4, 0.5) is 5.69 Å². The molecule has 6 nitrogen and oxygen atoms in total. The van der Waals surface area contributed by atoms with Crippen LogP contribution < -0.4 is 14.4 Å². The normalized spacial score (nSPS) is 17.5. The Hall–Kier alpha value is -3.58. The maximum atomic E-state index is 13.2. The number of methoxy groups -OCH3 is 2. The topological polar surface area (TPSA) is 76.1 Å². The number of anilines is 1. The number of amides is 1. The third kappa shape index (κ3) is 3.76. The smallest absolute Gasteiger partial charge is 0.300 e. The highest BCUT2D eigenvalue weighted by atomic mass is 79.9. The number of benzene rings is 3. The Labute approximate surface area is 193 Å². The van der Waals surface area contributed by atoms with Crippen molar-refractivity contribution < 1.29 is 24.2 Å². The van der Waals surface area contributed by atoms with Gasteiger partial charge in [0.25, 0.3) is 11.7 Å². The van der Waals surface area contributed by atoms with Gasteiger partial charge >= 0.3 is 0 Å². The first kappa shape index (κ1) is 21.6. The number of aliphatic hydroxyl groups is 1. The van der Waals surface area contributed by atoms with Gasteiger partial charge in [-0.25, -0.2) is 0 Å². The fourth-order valence-electron chi connectivity index (χ4n) is 3.79. The van der Waals surface area contributed by atoms with Crippen LogP contribution in [0, 0.1) is 0 Å². The van der Waals surface area contributed by atoms with Crippen molar-refractivity contribution >= 4 is 39.1 Å². The van der Waals surface area contributed by atoms with E-state index in [1.165, 1.54) is 19.1 Å². The molecule has 0 bridgehead atoms. The molecule has 1 aliphatic rings. The summed E-state index contributed by atoms with van der Waals surface area (Å²) in [5.74, 6) is -0.858. The highest BCUT2D eigenvalue weighted by Crippen LogP contribution is 2.43. The van der Waals surface area contributed by atoms with Crippen molar-refractivity contribution in [1.29, 1.82) is 0 Å². The lowest BCUT2D eigenvalue weighted by Crippen LogP contribution is -2.29. The van der Waals surface area contributed by atoms with E-state index >= 15 is 0 Å². The highest BCUT2D eigenvalue weighted by molar-refractivity contribution is 9.10. The lowest BCUT2D eigenvalue weighted by atomic mass is 9.95. The predicted octanol–water partition coefficient (Wildman–Crippen LogP) is 5.09. The number of carbonyl (C=O) groups is 2. The molecule has 162 valence electrons. The van der Waals surface area contributed by atoms with Crippen molar-refractivity contribution in [3.63, 3.8) is 0 Å². The fraction of sp³-hybridized carbons (Fsp3) is 0.120. The van der Waals surface area contributed by atoms with Crippen molar-refractivity contribution in [3.05, 3.63) is 94.0 Å². The van der Waals surface area contributed by atoms with Crippen LogP contribution in [-0.4, -0.2) is 31.0 Å². The van der Waals surface area contributed by atoms with Crippen LogP contribution in [0.25, 0.3) is 5.76 Å². The molecular weight excluding hydrogens is 474 g/mol. The minimum atomic E-state index is -0.793. The van der Waals surface area contributed by atoms with Gasteiger partial charge in [-0.1, -0.05) is 46.3 Å². The van der Waals surface area contributed by atoms with E-state index < -0.39 is 17.7 Å². The Morgan fingerprint density at radius 1 is 0.906 bits per heavy atom. The average molecular weight is 494 g/mol. The zero-order valence-corrected chi connectivity index (χ0v) is 19.0. The maximum absolute atomic E-state index is 13.2. The predicted molar refractivity (Wildman–Crippen MR) is 125 cm³/mol. The van der Waals surface area contributed by atoms with Crippen molar-refractivity contribution in [1.82, 2.24) is 0 Å². The lowest BCUT2D eigenvalue weighted by Gasteiger charge is -2.25. The molecule has 0 radical (unpaired) electrons. The van der Waals surface area contributed by atoms with Crippen LogP contribution in [0.2, 0.25) is 0 Å². The summed E-state index contributed by atoms with van der Waals surface area (Å²) in [6.45, 7) is 0. The van der Waals surface area contributed by atoms with Crippen LogP contribution in [0.3, 0.4) is 0 Å². The molecule has 4 rings (SSSR count). The first-order valence-corrected chi connectivity index (χ1v) is 10.6. The van der Waals surface area contributed by atoms with Crippen molar-refractivity contribution in [2.24, 2.45) is 0 Å². The molecule has 1 heterocycles. The van der Waals surface area contributed by atoms with E-state index in [1.807, 2.05) is 30.3 Å². The average Bonchev–Trinajstić information content (AvgIpc) is 3.09. The first-order chi connectivity index (χ1) is 15.5. The minimum absolute atomic E-state index is 0.00777. The number of nitrogens with zero attached hydrogens (tertiary/aromatic N) is 1. The van der Waals surface area contributed by atoms with E-state index in [9.17, 15) is 14.7 Å². The van der Waals surface area contributed by atoms with E-state index in [2.05, 4.69) is 15.9 Å². The number of Topliss-reactive ketones (excluding diaryl/α,β-unsaturated/α-hetero) is 1. The molecule has 3 aromatic rings. The third-order valence-corrected chi connectivity index (χ3v) is 5.85. The van der Waals surface area contributed by atoms with E-state index in [1.54, 1.807) is 42.5 Å². The molecule has 1 fully saturated rings. The number of hydrogen-bond donors (Lipinski definition) is 1. The second-order valence-corrected chi connectivity index (χ2v) is 8.04. The molecular formula is C25H20BrNO5. The van der Waals surface area contributed by atoms with Gasteiger partial charge in [0.15, 0.2) is 11.5 Å². The molecule has 0 aliphatic carbocycles. The molecule has 32 heavy (non-hydrogen) atoms. The van der Waals surface area contributed by atoms with Crippen molar-refractivity contribution in [2.75, 3.05) is 19.1 Å². The van der Waals surface area contributed by atoms with Gasteiger partial charge in [0, 0.05) is 15.7 Å². The van der Waals surface area contributed by atoms with E-state index in [-0.39, 0.29) is 11.3 Å². The third-order valence-electron chi connectivity index (χ3n) is 5.32.